The molecule has 1 heteroatoms. The molecule has 1 rings (SSSR count). The van der Waals surface area contributed by atoms with E-state index in [9.17, 15) is 0 Å². The first-order valence-corrected chi connectivity index (χ1v) is 6.51. The molecular weight excluding hydrogens is 200 g/mol. The minimum atomic E-state index is 1.23. The fraction of sp³-hybridized carbons (Fsp3) is 0.429. The number of rotatable bonds is 6. The van der Waals surface area contributed by atoms with Gasteiger partial charge in [0.1, 0.15) is 0 Å². The molecule has 1 heterocycles. The summed E-state index contributed by atoms with van der Waals surface area (Å²) in [6.45, 7) is 4.27. The van der Waals surface area contributed by atoms with Crippen molar-refractivity contribution in [2.24, 2.45) is 0 Å². The molecule has 0 saturated carbocycles. The first-order valence-electron chi connectivity index (χ1n) is 5.63. The second-order valence-corrected chi connectivity index (χ2v) is 4.86. The van der Waals surface area contributed by atoms with Crippen LogP contribution in [-0.4, -0.2) is 0 Å². The fourth-order valence-corrected chi connectivity index (χ4v) is 2.25. The molecule has 15 heavy (non-hydrogen) atoms. The van der Waals surface area contributed by atoms with Crippen LogP contribution in [0, 0.1) is 0 Å². The van der Waals surface area contributed by atoms with Gasteiger partial charge in [0.25, 0.3) is 0 Å². The second kappa shape index (κ2) is 7.47. The topological polar surface area (TPSA) is 0 Å². The molecule has 0 bridgehead atoms. The van der Waals surface area contributed by atoms with Gasteiger partial charge in [-0.2, -0.15) is 0 Å². The van der Waals surface area contributed by atoms with Gasteiger partial charge in [0, 0.05) is 4.88 Å². The van der Waals surface area contributed by atoms with Gasteiger partial charge in [0.2, 0.25) is 0 Å². The number of thiophene rings is 1. The Balaban J connectivity index is 2.11. The minimum absolute atomic E-state index is 1.23. The molecule has 0 aliphatic rings. The van der Waals surface area contributed by atoms with E-state index in [1.807, 2.05) is 11.3 Å². The molecule has 82 valence electrons. The monoisotopic (exact) mass is 220 g/mol. The molecule has 1 aromatic rings. The van der Waals surface area contributed by atoms with Gasteiger partial charge in [-0.25, -0.2) is 0 Å². The smallest absolute Gasteiger partial charge is 0.00452 e. The Morgan fingerprint density at radius 2 is 2.27 bits per heavy atom. The predicted molar refractivity (Wildman–Crippen MR) is 70.4 cm³/mol. The van der Waals surface area contributed by atoms with Crippen molar-refractivity contribution in [3.05, 3.63) is 46.2 Å². The summed E-state index contributed by atoms with van der Waals surface area (Å²) in [5, 5.41) is 2.16. The van der Waals surface area contributed by atoms with Gasteiger partial charge < -0.3 is 0 Å². The van der Waals surface area contributed by atoms with E-state index >= 15 is 0 Å². The van der Waals surface area contributed by atoms with E-state index in [2.05, 4.69) is 49.6 Å². The van der Waals surface area contributed by atoms with Crippen LogP contribution in [-0.2, 0) is 6.42 Å². The molecule has 0 atom stereocenters. The predicted octanol–water partition coefficient (Wildman–Crippen LogP) is 4.98. The lowest BCUT2D eigenvalue weighted by Gasteiger charge is -1.99. The average molecular weight is 220 g/mol. The second-order valence-electron chi connectivity index (χ2n) is 3.83. The van der Waals surface area contributed by atoms with Crippen LogP contribution in [0.1, 0.15) is 38.0 Å². The van der Waals surface area contributed by atoms with Crippen LogP contribution in [0.25, 0.3) is 0 Å². The van der Waals surface area contributed by atoms with Crippen molar-refractivity contribution < 1.29 is 0 Å². The Kier molecular flexibility index (Phi) is 6.10. The summed E-state index contributed by atoms with van der Waals surface area (Å²) in [6.07, 6.45) is 11.5. The van der Waals surface area contributed by atoms with E-state index in [0.29, 0.717) is 0 Å². The Morgan fingerprint density at radius 1 is 1.40 bits per heavy atom. The number of hydrogen-bond donors (Lipinski definition) is 0. The van der Waals surface area contributed by atoms with Crippen molar-refractivity contribution in [1.29, 1.82) is 0 Å². The standard InChI is InChI=1S/C14H20S/c1-3-4-8-13(2)9-5-6-10-14-11-7-12-15-14/h3-4,7-8,11-12H,5-6,9-10H2,1-2H3/b4-3-,13-8+. The lowest BCUT2D eigenvalue weighted by atomic mass is 10.1. The van der Waals surface area contributed by atoms with E-state index < -0.39 is 0 Å². The number of allylic oxidation sites excluding steroid dienone is 4. The molecule has 0 aliphatic heterocycles. The number of hydrogen-bond acceptors (Lipinski definition) is 1. The SMILES string of the molecule is C/C=C\C=C(/C)CCCCc1cccs1. The summed E-state index contributed by atoms with van der Waals surface area (Å²) in [7, 11) is 0. The van der Waals surface area contributed by atoms with Gasteiger partial charge in [-0.15, -0.1) is 11.3 Å². The van der Waals surface area contributed by atoms with Crippen LogP contribution >= 0.6 is 11.3 Å². The minimum Gasteiger partial charge on any atom is -0.149 e. The maximum absolute atomic E-state index is 2.23. The van der Waals surface area contributed by atoms with E-state index in [4.69, 9.17) is 0 Å². The van der Waals surface area contributed by atoms with Crippen LogP contribution in [0.3, 0.4) is 0 Å². The van der Waals surface area contributed by atoms with E-state index in [1.165, 1.54) is 36.1 Å². The molecule has 0 spiro atoms. The first kappa shape index (κ1) is 12.3. The highest BCUT2D eigenvalue weighted by atomic mass is 32.1. The summed E-state index contributed by atoms with van der Waals surface area (Å²) in [4.78, 5) is 1.52. The molecule has 0 saturated heterocycles. The van der Waals surface area contributed by atoms with E-state index in [1.54, 1.807) is 0 Å². The molecule has 0 N–H and O–H groups in total. The zero-order valence-corrected chi connectivity index (χ0v) is 10.5. The van der Waals surface area contributed by atoms with Crippen LogP contribution in [0.5, 0.6) is 0 Å². The molecular formula is C14H20S. The summed E-state index contributed by atoms with van der Waals surface area (Å²) in [5.74, 6) is 0. The van der Waals surface area contributed by atoms with Crippen LogP contribution in [0.4, 0.5) is 0 Å². The van der Waals surface area contributed by atoms with Crippen molar-refractivity contribution in [3.63, 3.8) is 0 Å². The molecule has 0 amide bonds. The maximum Gasteiger partial charge on any atom is 0.00452 e. The third kappa shape index (κ3) is 5.58. The first-order chi connectivity index (χ1) is 7.33. The number of aryl methyl sites for hydroxylation is 1. The Morgan fingerprint density at radius 3 is 2.93 bits per heavy atom. The van der Waals surface area contributed by atoms with Gasteiger partial charge in [-0.05, 0) is 51.0 Å². The third-order valence-corrected chi connectivity index (χ3v) is 3.33. The lowest BCUT2D eigenvalue weighted by Crippen LogP contribution is -1.83. The van der Waals surface area contributed by atoms with Gasteiger partial charge >= 0.3 is 0 Å². The maximum atomic E-state index is 2.23. The van der Waals surface area contributed by atoms with Crippen molar-refractivity contribution in [1.82, 2.24) is 0 Å². The summed E-state index contributed by atoms with van der Waals surface area (Å²) in [6, 6.07) is 4.37. The van der Waals surface area contributed by atoms with Gasteiger partial charge in [-0.1, -0.05) is 29.9 Å². The quantitative estimate of drug-likeness (QED) is 0.468. The Labute approximate surface area is 97.3 Å². The molecule has 1 aromatic heterocycles. The van der Waals surface area contributed by atoms with Gasteiger partial charge in [0.15, 0.2) is 0 Å². The van der Waals surface area contributed by atoms with Crippen molar-refractivity contribution >= 4 is 11.3 Å². The summed E-state index contributed by atoms with van der Waals surface area (Å²) in [5.41, 5.74) is 1.49. The van der Waals surface area contributed by atoms with Crippen molar-refractivity contribution in [3.8, 4) is 0 Å². The third-order valence-electron chi connectivity index (χ3n) is 2.40. The van der Waals surface area contributed by atoms with Crippen molar-refractivity contribution in [2.75, 3.05) is 0 Å². The highest BCUT2D eigenvalue weighted by Gasteiger charge is 1.94. The largest absolute Gasteiger partial charge is 0.149 e. The van der Waals surface area contributed by atoms with Crippen molar-refractivity contribution in [2.45, 2.75) is 39.5 Å². The normalized spacial score (nSPS) is 12.5. The highest BCUT2D eigenvalue weighted by Crippen LogP contribution is 2.14. The molecule has 0 aromatic carbocycles. The van der Waals surface area contributed by atoms with Crippen LogP contribution in [0.15, 0.2) is 41.3 Å². The Hall–Kier alpha value is -0.820. The Bertz CT molecular complexity index is 304. The van der Waals surface area contributed by atoms with Gasteiger partial charge in [-0.3, -0.25) is 0 Å². The zero-order chi connectivity index (χ0) is 10.9. The number of unbranched alkanes of at least 4 members (excludes halogenated alkanes) is 1. The van der Waals surface area contributed by atoms with E-state index in [0.717, 1.165) is 0 Å². The zero-order valence-electron chi connectivity index (χ0n) is 9.70. The summed E-state index contributed by atoms with van der Waals surface area (Å²) >= 11 is 1.87. The lowest BCUT2D eigenvalue weighted by molar-refractivity contribution is 0.735. The summed E-state index contributed by atoms with van der Waals surface area (Å²) < 4.78 is 0. The van der Waals surface area contributed by atoms with Crippen LogP contribution < -0.4 is 0 Å². The molecule has 0 fully saturated rings. The molecule has 0 aliphatic carbocycles. The van der Waals surface area contributed by atoms with E-state index in [-0.39, 0.29) is 0 Å². The fourth-order valence-electron chi connectivity index (χ4n) is 1.50. The highest BCUT2D eigenvalue weighted by molar-refractivity contribution is 7.09. The molecule has 0 unspecified atom stereocenters. The average Bonchev–Trinajstić information content (AvgIpc) is 2.74. The van der Waals surface area contributed by atoms with Crippen LogP contribution in [0.2, 0.25) is 0 Å². The molecule has 0 nitrogen and oxygen atoms in total. The van der Waals surface area contributed by atoms with Gasteiger partial charge in [0.05, 0.1) is 0 Å². The molecule has 0 radical (unpaired) electrons.